The lowest BCUT2D eigenvalue weighted by Gasteiger charge is -2.09. The van der Waals surface area contributed by atoms with E-state index < -0.39 is 91.1 Å². The standard InChI is InChI=1S/C20H14O4.C14H8Cl2O3.C14H10O5.C14H10O4.2C8H4Cl2O2.2C8H6O4/c21-19(23-17-10-3-1-4-11-17)15-8-7-9-16(14-15)20(22)24-18-12-5-2-6-13-18;15-13(17)9-6-7-11(14(16)18)12(8-9)19-10-4-2-1-3-5-10;15-13(16)9-6-7-11(14(17)18)12(8-9)19-10-4-2-1-3-5-10;15-13(16)10-6-8-11(9-7-10)14(17)18-12-4-2-1-3-5-12;9-7(11)5-1-2-6(4-3-5)8(10)12;9-7(11)5-2-1-3-6(4-5)8(10)12;9-7(10)5-1-2-6(4-3-5)8(11)12;9-7(10)5-2-1-3-6(4-5)8(11)12/h1-14H;1-8H;1-8H,(H,15,16)(H,17,18);1-9H,(H,15,16);2*1-4H;2*1-4H,(H,9,10)(H,11,12). The van der Waals surface area contributed by atoms with Crippen molar-refractivity contribution in [1.82, 2.24) is 0 Å². The molecule has 0 unspecified atom stereocenters. The van der Waals surface area contributed by atoms with Crippen LogP contribution in [0.3, 0.4) is 0 Å². The Balaban J connectivity index is 0.000000229. The first kappa shape index (κ1) is 101. The van der Waals surface area contributed by atoms with Gasteiger partial charge in [-0.05, 0) is 282 Å². The number of ether oxygens (including phenoxy) is 5. The number of carbonyl (C=O) groups is 16. The summed E-state index contributed by atoms with van der Waals surface area (Å²) in [4.78, 5) is 175. The lowest BCUT2D eigenvalue weighted by atomic mass is 10.1. The smallest absolute Gasteiger partial charge is 0.343 e. The molecule has 28 nitrogen and oxygen atoms in total. The molecule has 0 atom stereocenters. The van der Waals surface area contributed by atoms with E-state index in [0.717, 1.165) is 6.07 Å². The Labute approximate surface area is 755 Å². The summed E-state index contributed by atoms with van der Waals surface area (Å²) < 4.78 is 26.6. The van der Waals surface area contributed by atoms with Crippen molar-refractivity contribution in [2.75, 3.05) is 0 Å². The largest absolute Gasteiger partial charge is 0.478 e. The molecule has 13 aromatic rings. The van der Waals surface area contributed by atoms with Crippen LogP contribution in [0.15, 0.2) is 334 Å². The summed E-state index contributed by atoms with van der Waals surface area (Å²) in [5, 5.41) is 57.0. The topological polar surface area (TPSA) is 461 Å². The molecule has 128 heavy (non-hydrogen) atoms. The van der Waals surface area contributed by atoms with Crippen molar-refractivity contribution >= 4 is 161 Å². The SMILES string of the molecule is O=C(Cl)c1ccc(C(=O)Cl)c(Oc2ccccc2)c1.O=C(Cl)c1ccc(C(=O)Cl)cc1.O=C(Cl)c1cccc(C(=O)Cl)c1.O=C(O)c1ccc(C(=O)O)c(Oc2ccccc2)c1.O=C(O)c1ccc(C(=O)O)cc1.O=C(O)c1ccc(C(=O)Oc2ccccc2)cc1.O=C(O)c1cccc(C(=O)O)c1.O=C(Oc1ccccc1)c1cccc(C(=O)Oc2ccccc2)c1. The molecule has 0 bridgehead atoms. The number of carboxylic acids is 7. The molecule has 0 aromatic heterocycles. The summed E-state index contributed by atoms with van der Waals surface area (Å²) in [6.45, 7) is 0. The van der Waals surface area contributed by atoms with Gasteiger partial charge >= 0.3 is 59.7 Å². The van der Waals surface area contributed by atoms with Gasteiger partial charge in [0.15, 0.2) is 0 Å². The molecule has 0 saturated carbocycles. The van der Waals surface area contributed by atoms with Crippen molar-refractivity contribution in [3.05, 3.63) is 423 Å². The third-order valence-electron chi connectivity index (χ3n) is 15.8. The Bertz CT molecular complexity index is 5710. The van der Waals surface area contributed by atoms with E-state index in [1.807, 2.05) is 24.3 Å². The van der Waals surface area contributed by atoms with Crippen LogP contribution in [-0.2, 0) is 0 Å². The van der Waals surface area contributed by atoms with Gasteiger partial charge in [0.2, 0.25) is 0 Å². The van der Waals surface area contributed by atoms with Gasteiger partial charge in [0.1, 0.15) is 45.8 Å². The van der Waals surface area contributed by atoms with Crippen molar-refractivity contribution < 1.29 is 136 Å². The molecule has 13 rings (SSSR count). The fourth-order valence-corrected chi connectivity index (χ4v) is 10.3. The first-order valence-corrected chi connectivity index (χ1v) is 38.2. The number of rotatable bonds is 23. The highest BCUT2D eigenvalue weighted by Gasteiger charge is 2.20. The van der Waals surface area contributed by atoms with Crippen LogP contribution >= 0.6 is 69.6 Å². The van der Waals surface area contributed by atoms with Gasteiger partial charge in [-0.1, -0.05) is 121 Å². The van der Waals surface area contributed by atoms with Crippen LogP contribution in [-0.4, -0.2) is 127 Å². The van der Waals surface area contributed by atoms with Crippen LogP contribution in [0, 0.1) is 0 Å². The maximum Gasteiger partial charge on any atom is 0.343 e. The molecule has 648 valence electrons. The molecule has 0 heterocycles. The highest BCUT2D eigenvalue weighted by Crippen LogP contribution is 2.30. The van der Waals surface area contributed by atoms with Gasteiger partial charge in [0, 0.05) is 27.8 Å². The quantitative estimate of drug-likeness (QED) is 0.0178. The van der Waals surface area contributed by atoms with Crippen molar-refractivity contribution in [2.45, 2.75) is 0 Å². The minimum absolute atomic E-state index is 0.00130. The second-order valence-electron chi connectivity index (χ2n) is 24.6. The monoisotopic (exact) mass is 1850 g/mol. The zero-order chi connectivity index (χ0) is 93.9. The molecule has 0 aliphatic heterocycles. The summed E-state index contributed by atoms with van der Waals surface area (Å²) >= 11 is 31.6. The first-order chi connectivity index (χ1) is 61.0. The number of carbonyl (C=O) groups excluding carboxylic acids is 9. The van der Waals surface area contributed by atoms with Gasteiger partial charge in [0.05, 0.1) is 55.6 Å². The minimum Gasteiger partial charge on any atom is -0.478 e. The van der Waals surface area contributed by atoms with E-state index in [1.54, 1.807) is 152 Å². The Morgan fingerprint density at radius 2 is 0.383 bits per heavy atom. The maximum atomic E-state index is 12.2. The Hall–Kier alpha value is -16.1. The van der Waals surface area contributed by atoms with E-state index in [-0.39, 0.29) is 83.8 Å². The first-order valence-electron chi connectivity index (χ1n) is 36.0. The Morgan fingerprint density at radius 3 is 0.680 bits per heavy atom. The molecule has 7 N–H and O–H groups in total. The number of halogens is 6. The number of benzene rings is 13. The number of carboxylic acid groups (broad SMARTS) is 7. The predicted molar refractivity (Wildman–Crippen MR) is 469 cm³/mol. The van der Waals surface area contributed by atoms with E-state index in [4.69, 9.17) is 129 Å². The second-order valence-corrected chi connectivity index (χ2v) is 26.7. The molecular formula is C94H62Cl6O28. The molecule has 0 fully saturated rings. The number of hydrogen-bond acceptors (Lipinski definition) is 21. The highest BCUT2D eigenvalue weighted by atomic mass is 35.5. The van der Waals surface area contributed by atoms with Crippen molar-refractivity contribution in [2.24, 2.45) is 0 Å². The van der Waals surface area contributed by atoms with Gasteiger partial charge in [-0.25, -0.2) is 47.9 Å². The molecule has 13 aromatic carbocycles. The number of hydrogen-bond donors (Lipinski definition) is 7. The van der Waals surface area contributed by atoms with E-state index in [9.17, 15) is 76.7 Å². The lowest BCUT2D eigenvalue weighted by molar-refractivity contribution is 0.0678. The fourth-order valence-electron chi connectivity index (χ4n) is 9.56. The predicted octanol–water partition coefficient (Wildman–Crippen LogP) is 20.9. The van der Waals surface area contributed by atoms with E-state index in [1.165, 1.54) is 152 Å². The third-order valence-corrected chi connectivity index (χ3v) is 17.1. The second kappa shape index (κ2) is 51.8. The van der Waals surface area contributed by atoms with Gasteiger partial charge < -0.3 is 59.4 Å². The molecule has 34 heteroatoms. The van der Waals surface area contributed by atoms with Crippen LogP contribution in [0.5, 0.6) is 40.2 Å². The summed E-state index contributed by atoms with van der Waals surface area (Å²) in [7, 11) is 0. The number of aromatic carboxylic acids is 7. The van der Waals surface area contributed by atoms with Crippen LogP contribution in [0.4, 0.5) is 0 Å². The van der Waals surface area contributed by atoms with Gasteiger partial charge in [0.25, 0.3) is 31.5 Å². The molecule has 0 aliphatic carbocycles. The molecule has 0 spiro atoms. The fraction of sp³-hybridized carbons (Fsp3) is 0. The highest BCUT2D eigenvalue weighted by molar-refractivity contribution is 6.70. The van der Waals surface area contributed by atoms with Gasteiger partial charge in [-0.3, -0.25) is 28.8 Å². The summed E-state index contributed by atoms with van der Waals surface area (Å²) in [5.74, 6) is -6.82. The van der Waals surface area contributed by atoms with Crippen molar-refractivity contribution in [1.29, 1.82) is 0 Å². The van der Waals surface area contributed by atoms with Crippen molar-refractivity contribution in [3.8, 4) is 40.2 Å². The molecule has 0 amide bonds. The van der Waals surface area contributed by atoms with E-state index in [0.29, 0.717) is 45.4 Å². The zero-order valence-electron chi connectivity index (χ0n) is 65.2. The van der Waals surface area contributed by atoms with Gasteiger partial charge in [-0.2, -0.15) is 0 Å². The number of para-hydroxylation sites is 5. The summed E-state index contributed by atoms with van der Waals surface area (Å²) in [6, 6.07) is 85.2. The summed E-state index contributed by atoms with van der Waals surface area (Å²) in [6.07, 6.45) is 0. The van der Waals surface area contributed by atoms with Crippen LogP contribution in [0.1, 0.15) is 166 Å². The molecule has 0 saturated heterocycles. The van der Waals surface area contributed by atoms with E-state index in [2.05, 4.69) is 0 Å². The molecule has 0 radical (unpaired) electrons. The Kier molecular flexibility index (Phi) is 40.7. The van der Waals surface area contributed by atoms with Gasteiger partial charge in [-0.15, -0.1) is 0 Å². The minimum atomic E-state index is -1.18. The Morgan fingerprint density at radius 1 is 0.172 bits per heavy atom. The van der Waals surface area contributed by atoms with Crippen molar-refractivity contribution in [3.63, 3.8) is 0 Å². The zero-order valence-corrected chi connectivity index (χ0v) is 69.8. The number of esters is 3. The molecule has 0 aliphatic rings. The molecular weight excluding hydrogens is 1790 g/mol. The lowest BCUT2D eigenvalue weighted by Crippen LogP contribution is -2.12. The van der Waals surface area contributed by atoms with Crippen LogP contribution in [0.2, 0.25) is 0 Å². The maximum absolute atomic E-state index is 12.2. The van der Waals surface area contributed by atoms with Crippen LogP contribution in [0.25, 0.3) is 0 Å². The van der Waals surface area contributed by atoms with Crippen LogP contribution < -0.4 is 23.7 Å². The summed E-state index contributed by atoms with van der Waals surface area (Å²) in [5.41, 5.74) is 2.64. The van der Waals surface area contributed by atoms with E-state index >= 15 is 0 Å². The third kappa shape index (κ3) is 34.7. The normalized spacial score (nSPS) is 9.73. The average Bonchev–Trinajstić information content (AvgIpc) is 0.592. The average molecular weight is 1850 g/mol.